The van der Waals surface area contributed by atoms with Crippen LogP contribution < -0.4 is 10.5 Å². The summed E-state index contributed by atoms with van der Waals surface area (Å²) < 4.78 is 27.0. The van der Waals surface area contributed by atoms with Crippen molar-refractivity contribution in [2.45, 2.75) is 6.42 Å². The molecule has 0 spiro atoms. The van der Waals surface area contributed by atoms with Gasteiger partial charge in [0.1, 0.15) is 12.4 Å². The Balaban J connectivity index is 2.43. The summed E-state index contributed by atoms with van der Waals surface area (Å²) in [5.41, 5.74) is 6.58. The van der Waals surface area contributed by atoms with Crippen LogP contribution in [0.15, 0.2) is 24.3 Å². The highest BCUT2D eigenvalue weighted by Crippen LogP contribution is 2.12. The molecule has 0 unspecified atom stereocenters. The fourth-order valence-corrected chi connectivity index (χ4v) is 1.62. The summed E-state index contributed by atoms with van der Waals surface area (Å²) in [5, 5.41) is 0. The molecule has 1 aromatic rings. The Morgan fingerprint density at radius 1 is 1.25 bits per heavy atom. The van der Waals surface area contributed by atoms with Crippen LogP contribution in [0.4, 0.5) is 0 Å². The molecule has 0 aliphatic carbocycles. The molecule has 0 heterocycles. The van der Waals surface area contributed by atoms with Gasteiger partial charge in [0.25, 0.3) is 0 Å². The van der Waals surface area contributed by atoms with Gasteiger partial charge in [-0.2, -0.15) is 0 Å². The van der Waals surface area contributed by atoms with E-state index in [4.69, 9.17) is 10.5 Å². The maximum absolute atomic E-state index is 10.9. The number of hydrogen-bond donors (Lipinski definition) is 1. The first-order valence-electron chi connectivity index (χ1n) is 5.11. The number of hydrogen-bond acceptors (Lipinski definition) is 4. The molecule has 1 aromatic carbocycles. The summed E-state index contributed by atoms with van der Waals surface area (Å²) in [6.07, 6.45) is 2.03. The number of benzene rings is 1. The molecule has 0 bridgehead atoms. The summed E-state index contributed by atoms with van der Waals surface area (Å²) in [5.74, 6) is 0.724. The molecule has 0 saturated heterocycles. The molecule has 2 N–H and O–H groups in total. The van der Waals surface area contributed by atoms with Crippen molar-refractivity contribution < 1.29 is 13.2 Å². The molecule has 0 atom stereocenters. The van der Waals surface area contributed by atoms with Gasteiger partial charge in [-0.25, -0.2) is 8.42 Å². The number of sulfone groups is 1. The van der Waals surface area contributed by atoms with Gasteiger partial charge in [0.05, 0.1) is 5.75 Å². The van der Waals surface area contributed by atoms with Crippen LogP contribution >= 0.6 is 0 Å². The van der Waals surface area contributed by atoms with Gasteiger partial charge in [-0.05, 0) is 30.7 Å². The van der Waals surface area contributed by atoms with Crippen LogP contribution in [0.1, 0.15) is 5.56 Å². The Bertz CT molecular complexity index is 411. The summed E-state index contributed by atoms with van der Waals surface area (Å²) in [6.45, 7) is 0.809. The van der Waals surface area contributed by atoms with Gasteiger partial charge in [-0.1, -0.05) is 12.1 Å². The quantitative estimate of drug-likeness (QED) is 0.795. The van der Waals surface area contributed by atoms with Crippen molar-refractivity contribution >= 4 is 9.84 Å². The highest BCUT2D eigenvalue weighted by atomic mass is 32.2. The van der Waals surface area contributed by atoms with Gasteiger partial charge in [0.15, 0.2) is 9.84 Å². The Morgan fingerprint density at radius 3 is 2.38 bits per heavy atom. The molecule has 1 rings (SSSR count). The molecule has 0 aliphatic rings. The molecular formula is C11H17NO3S. The summed E-state index contributed by atoms with van der Waals surface area (Å²) >= 11 is 0. The van der Waals surface area contributed by atoms with E-state index in [9.17, 15) is 8.42 Å². The predicted octanol–water partition coefficient (Wildman–Crippen LogP) is 0.611. The van der Waals surface area contributed by atoms with E-state index in [1.54, 1.807) is 0 Å². The third-order valence-electron chi connectivity index (χ3n) is 2.08. The van der Waals surface area contributed by atoms with Crippen molar-refractivity contribution in [3.8, 4) is 5.75 Å². The van der Waals surface area contributed by atoms with Crippen molar-refractivity contribution in [3.05, 3.63) is 29.8 Å². The van der Waals surface area contributed by atoms with E-state index in [0.717, 1.165) is 12.0 Å². The lowest BCUT2D eigenvalue weighted by Gasteiger charge is -2.06. The molecule has 0 amide bonds. The minimum absolute atomic E-state index is 0.0392. The average Bonchev–Trinajstić information content (AvgIpc) is 2.19. The van der Waals surface area contributed by atoms with E-state index in [-0.39, 0.29) is 12.4 Å². The maximum Gasteiger partial charge on any atom is 0.150 e. The number of ether oxygens (including phenoxy) is 1. The third-order valence-corrected chi connectivity index (χ3v) is 2.99. The van der Waals surface area contributed by atoms with Crippen molar-refractivity contribution in [2.75, 3.05) is 25.2 Å². The number of nitrogens with two attached hydrogens (primary N) is 1. The van der Waals surface area contributed by atoms with E-state index in [1.165, 1.54) is 6.26 Å². The lowest BCUT2D eigenvalue weighted by Crippen LogP contribution is -2.12. The smallest absolute Gasteiger partial charge is 0.150 e. The van der Waals surface area contributed by atoms with Gasteiger partial charge in [0.2, 0.25) is 0 Å². The first-order chi connectivity index (χ1) is 7.51. The summed E-state index contributed by atoms with van der Waals surface area (Å²) in [6, 6.07) is 7.52. The first kappa shape index (κ1) is 13.0. The molecule has 0 radical (unpaired) electrons. The molecule has 16 heavy (non-hydrogen) atoms. The van der Waals surface area contributed by atoms with E-state index in [0.29, 0.717) is 12.3 Å². The third kappa shape index (κ3) is 5.14. The van der Waals surface area contributed by atoms with Gasteiger partial charge in [0, 0.05) is 6.26 Å². The Hall–Kier alpha value is -1.07. The second kappa shape index (κ2) is 5.86. The fraction of sp³-hybridized carbons (Fsp3) is 0.455. The minimum atomic E-state index is -2.95. The van der Waals surface area contributed by atoms with Crippen molar-refractivity contribution in [1.82, 2.24) is 0 Å². The molecule has 4 nitrogen and oxygen atoms in total. The second-order valence-corrected chi connectivity index (χ2v) is 5.92. The Morgan fingerprint density at radius 2 is 1.88 bits per heavy atom. The highest BCUT2D eigenvalue weighted by molar-refractivity contribution is 7.90. The molecule has 0 aliphatic heterocycles. The lowest BCUT2D eigenvalue weighted by molar-refractivity contribution is 0.341. The van der Waals surface area contributed by atoms with Crippen molar-refractivity contribution in [2.24, 2.45) is 5.73 Å². The molecule has 5 heteroatoms. The van der Waals surface area contributed by atoms with E-state index in [2.05, 4.69) is 0 Å². The molecular weight excluding hydrogens is 226 g/mol. The largest absolute Gasteiger partial charge is 0.493 e. The average molecular weight is 243 g/mol. The zero-order valence-electron chi connectivity index (χ0n) is 9.35. The van der Waals surface area contributed by atoms with Crippen LogP contribution in [0.25, 0.3) is 0 Å². The maximum atomic E-state index is 10.9. The zero-order chi connectivity index (χ0) is 12.0. The molecule has 90 valence electrons. The van der Waals surface area contributed by atoms with Gasteiger partial charge < -0.3 is 10.5 Å². The second-order valence-electron chi connectivity index (χ2n) is 3.66. The van der Waals surface area contributed by atoms with Gasteiger partial charge in [-0.15, -0.1) is 0 Å². The monoisotopic (exact) mass is 243 g/mol. The normalized spacial score (nSPS) is 11.4. The summed E-state index contributed by atoms with van der Waals surface area (Å²) in [7, 11) is -2.95. The van der Waals surface area contributed by atoms with E-state index in [1.807, 2.05) is 24.3 Å². The van der Waals surface area contributed by atoms with Crippen LogP contribution in [0.3, 0.4) is 0 Å². The molecule has 0 fully saturated rings. The Kier molecular flexibility index (Phi) is 4.76. The van der Waals surface area contributed by atoms with Crippen molar-refractivity contribution in [1.29, 1.82) is 0 Å². The van der Waals surface area contributed by atoms with Crippen LogP contribution in [-0.2, 0) is 16.3 Å². The van der Waals surface area contributed by atoms with E-state index >= 15 is 0 Å². The molecule has 0 saturated carbocycles. The highest BCUT2D eigenvalue weighted by Gasteiger charge is 2.02. The fourth-order valence-electron chi connectivity index (χ4n) is 1.23. The zero-order valence-corrected chi connectivity index (χ0v) is 10.2. The van der Waals surface area contributed by atoms with E-state index < -0.39 is 9.84 Å². The minimum Gasteiger partial charge on any atom is -0.493 e. The van der Waals surface area contributed by atoms with Crippen molar-refractivity contribution in [3.63, 3.8) is 0 Å². The van der Waals surface area contributed by atoms with Crippen LogP contribution in [0.5, 0.6) is 5.75 Å². The predicted molar refractivity (Wildman–Crippen MR) is 64.4 cm³/mol. The van der Waals surface area contributed by atoms with Crippen LogP contribution in [0, 0.1) is 0 Å². The van der Waals surface area contributed by atoms with Crippen LogP contribution in [-0.4, -0.2) is 33.6 Å². The lowest BCUT2D eigenvalue weighted by atomic mass is 10.1. The molecule has 0 aromatic heterocycles. The summed E-state index contributed by atoms with van der Waals surface area (Å²) in [4.78, 5) is 0. The van der Waals surface area contributed by atoms with Gasteiger partial charge in [-0.3, -0.25) is 0 Å². The number of rotatable bonds is 6. The van der Waals surface area contributed by atoms with Gasteiger partial charge >= 0.3 is 0 Å². The van der Waals surface area contributed by atoms with Crippen LogP contribution in [0.2, 0.25) is 0 Å². The SMILES string of the molecule is CS(=O)(=O)CCOc1ccc(CCN)cc1. The topological polar surface area (TPSA) is 69.4 Å². The first-order valence-corrected chi connectivity index (χ1v) is 7.17. The standard InChI is InChI=1S/C11H17NO3S/c1-16(13,14)9-8-15-11-4-2-10(3-5-11)6-7-12/h2-5H,6-9,12H2,1H3. The Labute approximate surface area is 96.3 Å².